The molecular formula is C13H13FN2O. The molecule has 0 spiro atoms. The van der Waals surface area contributed by atoms with Gasteiger partial charge in [0.05, 0.1) is 12.8 Å². The zero-order valence-corrected chi connectivity index (χ0v) is 9.77. The Morgan fingerprint density at radius 1 is 1.24 bits per heavy atom. The largest absolute Gasteiger partial charge is 0.481 e. The van der Waals surface area contributed by atoms with E-state index < -0.39 is 5.82 Å². The molecule has 0 aliphatic heterocycles. The van der Waals surface area contributed by atoms with Crippen molar-refractivity contribution in [2.45, 2.75) is 13.3 Å². The fourth-order valence-electron chi connectivity index (χ4n) is 1.49. The minimum Gasteiger partial charge on any atom is -0.481 e. The number of ether oxygens (including phenoxy) is 1. The predicted octanol–water partition coefficient (Wildman–Crippen LogP) is 2.85. The van der Waals surface area contributed by atoms with Crippen LogP contribution in [0.1, 0.15) is 12.5 Å². The van der Waals surface area contributed by atoms with Crippen LogP contribution in [0, 0.1) is 5.82 Å². The first-order valence-corrected chi connectivity index (χ1v) is 5.40. The number of halogens is 1. The van der Waals surface area contributed by atoms with Crippen molar-refractivity contribution >= 4 is 0 Å². The summed E-state index contributed by atoms with van der Waals surface area (Å²) in [7, 11) is 1.50. The fraction of sp³-hybridized carbons (Fsp3) is 0.231. The summed E-state index contributed by atoms with van der Waals surface area (Å²) < 4.78 is 18.6. The van der Waals surface area contributed by atoms with Crippen molar-refractivity contribution in [1.82, 2.24) is 9.97 Å². The van der Waals surface area contributed by atoms with E-state index in [2.05, 4.69) is 9.97 Å². The van der Waals surface area contributed by atoms with Crippen molar-refractivity contribution in [2.24, 2.45) is 0 Å². The van der Waals surface area contributed by atoms with E-state index in [1.807, 2.05) is 13.0 Å². The summed E-state index contributed by atoms with van der Waals surface area (Å²) in [6.45, 7) is 2.04. The highest BCUT2D eigenvalue weighted by molar-refractivity contribution is 5.55. The Bertz CT molecular complexity index is 511. The highest BCUT2D eigenvalue weighted by atomic mass is 19.1. The third kappa shape index (κ3) is 2.41. The summed E-state index contributed by atoms with van der Waals surface area (Å²) >= 11 is 0. The summed E-state index contributed by atoms with van der Waals surface area (Å²) in [4.78, 5) is 8.25. The molecule has 0 aromatic carbocycles. The van der Waals surface area contributed by atoms with Crippen LogP contribution >= 0.6 is 0 Å². The summed E-state index contributed by atoms with van der Waals surface area (Å²) in [6, 6.07) is 6.50. The first-order chi connectivity index (χ1) is 8.24. The summed E-state index contributed by atoms with van der Waals surface area (Å²) in [5, 5.41) is 0. The number of hydrogen-bond donors (Lipinski definition) is 0. The van der Waals surface area contributed by atoms with Crippen LogP contribution in [-0.4, -0.2) is 17.1 Å². The number of aromatic nitrogens is 2. The third-order valence-electron chi connectivity index (χ3n) is 2.51. The first-order valence-electron chi connectivity index (χ1n) is 5.40. The lowest BCUT2D eigenvalue weighted by Crippen LogP contribution is -1.95. The molecule has 0 N–H and O–H groups in total. The zero-order valence-electron chi connectivity index (χ0n) is 9.77. The van der Waals surface area contributed by atoms with E-state index in [4.69, 9.17) is 4.74 Å². The maximum Gasteiger partial charge on any atom is 0.213 e. The molecule has 0 atom stereocenters. The molecule has 0 bridgehead atoms. The number of hydrogen-bond acceptors (Lipinski definition) is 3. The monoisotopic (exact) mass is 232 g/mol. The van der Waals surface area contributed by atoms with Crippen molar-refractivity contribution in [3.05, 3.63) is 41.8 Å². The molecule has 0 fully saturated rings. The van der Waals surface area contributed by atoms with Gasteiger partial charge in [0.2, 0.25) is 5.88 Å². The van der Waals surface area contributed by atoms with Crippen LogP contribution in [0.2, 0.25) is 0 Å². The minimum atomic E-state index is -0.400. The standard InChI is InChI=1S/C13H13FN2O/c1-3-9-4-6-11(15-8-9)13-10(14)5-7-12(16-13)17-2/h4-8H,3H2,1-2H3. The minimum absolute atomic E-state index is 0.215. The third-order valence-corrected chi connectivity index (χ3v) is 2.51. The molecule has 0 saturated heterocycles. The average Bonchev–Trinajstić information content (AvgIpc) is 2.39. The molecular weight excluding hydrogens is 219 g/mol. The van der Waals surface area contributed by atoms with Gasteiger partial charge in [-0.1, -0.05) is 13.0 Å². The lowest BCUT2D eigenvalue weighted by Gasteiger charge is -2.05. The maximum atomic E-state index is 13.6. The van der Waals surface area contributed by atoms with Gasteiger partial charge in [-0.3, -0.25) is 4.98 Å². The number of nitrogens with zero attached hydrogens (tertiary/aromatic N) is 2. The van der Waals surface area contributed by atoms with Crippen LogP contribution in [0.25, 0.3) is 11.4 Å². The lowest BCUT2D eigenvalue weighted by atomic mass is 10.2. The molecule has 0 saturated carbocycles. The van der Waals surface area contributed by atoms with Crippen LogP contribution in [0.4, 0.5) is 4.39 Å². The molecule has 88 valence electrons. The Kier molecular flexibility index (Phi) is 3.32. The van der Waals surface area contributed by atoms with Gasteiger partial charge in [0, 0.05) is 12.3 Å². The molecule has 2 aromatic heterocycles. The number of pyridine rings is 2. The van der Waals surface area contributed by atoms with Gasteiger partial charge in [-0.05, 0) is 24.1 Å². The van der Waals surface area contributed by atoms with E-state index in [0.717, 1.165) is 12.0 Å². The number of aryl methyl sites for hydroxylation is 1. The van der Waals surface area contributed by atoms with Gasteiger partial charge < -0.3 is 4.74 Å². The molecule has 4 heteroatoms. The van der Waals surface area contributed by atoms with E-state index in [9.17, 15) is 4.39 Å². The van der Waals surface area contributed by atoms with Crippen LogP contribution < -0.4 is 4.74 Å². The van der Waals surface area contributed by atoms with Crippen molar-refractivity contribution in [2.75, 3.05) is 7.11 Å². The van der Waals surface area contributed by atoms with Crippen LogP contribution in [0.3, 0.4) is 0 Å². The highest BCUT2D eigenvalue weighted by Crippen LogP contribution is 2.21. The molecule has 3 nitrogen and oxygen atoms in total. The Morgan fingerprint density at radius 2 is 2.06 bits per heavy atom. The smallest absolute Gasteiger partial charge is 0.213 e. The molecule has 0 radical (unpaired) electrons. The maximum absolute atomic E-state index is 13.6. The van der Waals surface area contributed by atoms with Gasteiger partial charge >= 0.3 is 0 Å². The predicted molar refractivity (Wildman–Crippen MR) is 63.4 cm³/mol. The molecule has 0 amide bonds. The van der Waals surface area contributed by atoms with Gasteiger partial charge in [0.15, 0.2) is 5.82 Å². The van der Waals surface area contributed by atoms with E-state index in [1.54, 1.807) is 12.3 Å². The molecule has 0 unspecified atom stereocenters. The van der Waals surface area contributed by atoms with Crippen molar-refractivity contribution in [1.29, 1.82) is 0 Å². The molecule has 2 heterocycles. The average molecular weight is 232 g/mol. The van der Waals surface area contributed by atoms with Gasteiger partial charge in [-0.2, -0.15) is 0 Å². The lowest BCUT2D eigenvalue weighted by molar-refractivity contribution is 0.396. The topological polar surface area (TPSA) is 35.0 Å². The molecule has 0 aliphatic carbocycles. The van der Waals surface area contributed by atoms with Crippen LogP contribution in [0.15, 0.2) is 30.5 Å². The Labute approximate surface area is 99.3 Å². The second-order valence-corrected chi connectivity index (χ2v) is 3.59. The fourth-order valence-corrected chi connectivity index (χ4v) is 1.49. The number of rotatable bonds is 3. The van der Waals surface area contributed by atoms with Crippen molar-refractivity contribution in [3.8, 4) is 17.3 Å². The second kappa shape index (κ2) is 4.91. The Morgan fingerprint density at radius 3 is 2.65 bits per heavy atom. The molecule has 2 rings (SSSR count). The summed E-state index contributed by atoms with van der Waals surface area (Å²) in [6.07, 6.45) is 2.64. The van der Waals surface area contributed by atoms with E-state index in [-0.39, 0.29) is 5.69 Å². The van der Waals surface area contributed by atoms with Crippen molar-refractivity contribution < 1.29 is 9.13 Å². The van der Waals surface area contributed by atoms with E-state index in [0.29, 0.717) is 11.6 Å². The molecule has 2 aromatic rings. The van der Waals surface area contributed by atoms with Gasteiger partial charge in [-0.15, -0.1) is 0 Å². The first kappa shape index (κ1) is 11.5. The quantitative estimate of drug-likeness (QED) is 0.816. The molecule has 0 aliphatic rings. The SMILES string of the molecule is CCc1ccc(-c2nc(OC)ccc2F)nc1. The zero-order chi connectivity index (χ0) is 12.3. The second-order valence-electron chi connectivity index (χ2n) is 3.59. The Balaban J connectivity index is 2.43. The van der Waals surface area contributed by atoms with E-state index >= 15 is 0 Å². The summed E-state index contributed by atoms with van der Waals surface area (Å²) in [5.74, 6) is -0.0229. The highest BCUT2D eigenvalue weighted by Gasteiger charge is 2.09. The van der Waals surface area contributed by atoms with Gasteiger partial charge in [-0.25, -0.2) is 9.37 Å². The van der Waals surface area contributed by atoms with E-state index in [1.165, 1.54) is 19.2 Å². The Hall–Kier alpha value is -1.97. The summed E-state index contributed by atoms with van der Waals surface area (Å²) in [5.41, 5.74) is 1.84. The van der Waals surface area contributed by atoms with Crippen LogP contribution in [-0.2, 0) is 6.42 Å². The normalized spacial score (nSPS) is 10.3. The van der Waals surface area contributed by atoms with Gasteiger partial charge in [0.1, 0.15) is 5.69 Å². The van der Waals surface area contributed by atoms with Crippen LogP contribution in [0.5, 0.6) is 5.88 Å². The van der Waals surface area contributed by atoms with Gasteiger partial charge in [0.25, 0.3) is 0 Å². The number of methoxy groups -OCH3 is 1. The van der Waals surface area contributed by atoms with Crippen molar-refractivity contribution in [3.63, 3.8) is 0 Å². The molecule has 17 heavy (non-hydrogen) atoms.